The Morgan fingerprint density at radius 1 is 1.40 bits per heavy atom. The molecule has 2 aliphatic rings. The van der Waals surface area contributed by atoms with Crippen molar-refractivity contribution in [3.05, 3.63) is 45.3 Å². The second-order valence-corrected chi connectivity index (χ2v) is 10.7. The Hall–Kier alpha value is -4.09. The molecule has 2 aliphatic heterocycles. The number of esters is 1. The number of non-ortho nitro benzene ring substituents is 1. The Balaban J connectivity index is 1.44. The zero-order valence-electron chi connectivity index (χ0n) is 21.0. The highest BCUT2D eigenvalue weighted by molar-refractivity contribution is 8.00. The summed E-state index contributed by atoms with van der Waals surface area (Å²) in [7, 11) is 0. The average Bonchev–Trinajstić information content (AvgIpc) is 3.41. The number of ether oxygens (including phenoxy) is 1. The van der Waals surface area contributed by atoms with Gasteiger partial charge in [-0.1, -0.05) is 12.1 Å². The van der Waals surface area contributed by atoms with Crippen LogP contribution in [0.25, 0.3) is 0 Å². The van der Waals surface area contributed by atoms with E-state index in [4.69, 9.17) is 9.57 Å². The molecule has 4 rings (SSSR count). The molecular formula is C23H24N6O9S2. The standard InChI is InChI=1S/C23H24N6O9S2/c1-2-7-38-25-8-17(31)28(16-10-39-22(26-16)24-13-30)18-19(32)27-11-23(34,12-40-20(18)27)21(33)37-9-14-3-5-15(6-4-14)29(35)36/h3-6,8,10,13,18,20,34H,2,7,9,11-12H2,1H3,(H,24,26,30)/t18?,20-,23?/m1/s1. The number of carbonyl (C=O) groups excluding carboxylic acids is 4. The Kier molecular flexibility index (Phi) is 8.96. The van der Waals surface area contributed by atoms with Crippen molar-refractivity contribution in [3.8, 4) is 0 Å². The molecule has 15 nitrogen and oxygen atoms in total. The normalized spacial score (nSPS) is 21.8. The van der Waals surface area contributed by atoms with E-state index in [9.17, 15) is 34.4 Å². The smallest absolute Gasteiger partial charge is 0.341 e. The van der Waals surface area contributed by atoms with Gasteiger partial charge in [0.15, 0.2) is 10.7 Å². The Morgan fingerprint density at radius 3 is 2.83 bits per heavy atom. The minimum absolute atomic E-state index is 0.114. The van der Waals surface area contributed by atoms with Gasteiger partial charge >= 0.3 is 5.97 Å². The minimum atomic E-state index is -2.01. The van der Waals surface area contributed by atoms with Crippen LogP contribution in [0.15, 0.2) is 34.8 Å². The third-order valence-corrected chi connectivity index (χ3v) is 8.16. The van der Waals surface area contributed by atoms with E-state index in [0.29, 0.717) is 25.0 Å². The van der Waals surface area contributed by atoms with Crippen LogP contribution in [0.3, 0.4) is 0 Å². The lowest BCUT2D eigenvalue weighted by molar-refractivity contribution is -0.384. The van der Waals surface area contributed by atoms with E-state index < -0.39 is 39.7 Å². The van der Waals surface area contributed by atoms with E-state index in [2.05, 4.69) is 15.5 Å². The third-order valence-electron chi connectivity index (χ3n) is 5.91. The summed E-state index contributed by atoms with van der Waals surface area (Å²) >= 11 is 2.14. The predicted molar refractivity (Wildman–Crippen MR) is 144 cm³/mol. The molecule has 2 unspecified atom stereocenters. The summed E-state index contributed by atoms with van der Waals surface area (Å²) in [4.78, 5) is 71.7. The number of nitro groups is 1. The first kappa shape index (κ1) is 28.9. The number of nitro benzene ring substituents is 1. The number of anilines is 2. The molecule has 1 aromatic heterocycles. The third kappa shape index (κ3) is 6.05. The maximum Gasteiger partial charge on any atom is 0.341 e. The second kappa shape index (κ2) is 12.4. The number of benzene rings is 1. The number of hydrogen-bond donors (Lipinski definition) is 2. The average molecular weight is 593 g/mol. The highest BCUT2D eigenvalue weighted by Crippen LogP contribution is 2.42. The van der Waals surface area contributed by atoms with Crippen molar-refractivity contribution in [2.75, 3.05) is 29.1 Å². The van der Waals surface area contributed by atoms with Crippen molar-refractivity contribution >= 4 is 70.1 Å². The number of aromatic nitrogens is 1. The number of thioether (sulfide) groups is 1. The first-order chi connectivity index (χ1) is 19.2. The highest BCUT2D eigenvalue weighted by atomic mass is 32.2. The largest absolute Gasteiger partial charge is 0.459 e. The molecule has 0 bridgehead atoms. The lowest BCUT2D eigenvalue weighted by Crippen LogP contribution is -2.76. The van der Waals surface area contributed by atoms with Gasteiger partial charge in [-0.3, -0.25) is 29.4 Å². The number of thiazole rings is 1. The lowest BCUT2D eigenvalue weighted by atomic mass is 9.98. The van der Waals surface area contributed by atoms with Crippen LogP contribution >= 0.6 is 23.1 Å². The minimum Gasteiger partial charge on any atom is -0.459 e. The molecule has 0 aliphatic carbocycles. The van der Waals surface area contributed by atoms with E-state index in [1.54, 1.807) is 0 Å². The molecule has 0 radical (unpaired) electrons. The zero-order valence-corrected chi connectivity index (χ0v) is 22.6. The predicted octanol–water partition coefficient (Wildman–Crippen LogP) is 1.12. The summed E-state index contributed by atoms with van der Waals surface area (Å²) in [5.41, 5.74) is -1.64. The van der Waals surface area contributed by atoms with Gasteiger partial charge in [0.25, 0.3) is 11.6 Å². The van der Waals surface area contributed by atoms with Crippen LogP contribution in [-0.4, -0.2) is 86.2 Å². The summed E-state index contributed by atoms with van der Waals surface area (Å²) in [6, 6.07) is 4.39. The summed E-state index contributed by atoms with van der Waals surface area (Å²) in [5, 5.41) is 29.0. The van der Waals surface area contributed by atoms with Crippen molar-refractivity contribution in [2.24, 2.45) is 5.16 Å². The summed E-state index contributed by atoms with van der Waals surface area (Å²) < 4.78 is 5.24. The van der Waals surface area contributed by atoms with Gasteiger partial charge in [0.1, 0.15) is 36.7 Å². The van der Waals surface area contributed by atoms with Crippen molar-refractivity contribution < 1.29 is 38.8 Å². The van der Waals surface area contributed by atoms with Gasteiger partial charge in [0, 0.05) is 23.3 Å². The summed E-state index contributed by atoms with van der Waals surface area (Å²) in [5.74, 6) is -2.18. The summed E-state index contributed by atoms with van der Waals surface area (Å²) in [6.07, 6.45) is 2.04. The first-order valence-corrected chi connectivity index (χ1v) is 13.8. The molecule has 0 spiro atoms. The monoisotopic (exact) mass is 592 g/mol. The van der Waals surface area contributed by atoms with Crippen molar-refractivity contribution in [1.29, 1.82) is 0 Å². The van der Waals surface area contributed by atoms with E-state index in [0.717, 1.165) is 34.2 Å². The van der Waals surface area contributed by atoms with Crippen LogP contribution in [0.1, 0.15) is 18.9 Å². The van der Waals surface area contributed by atoms with Crippen LogP contribution in [0, 0.1) is 10.1 Å². The van der Waals surface area contributed by atoms with Crippen molar-refractivity contribution in [2.45, 2.75) is 37.0 Å². The maximum absolute atomic E-state index is 13.2. The molecule has 40 heavy (non-hydrogen) atoms. The fraction of sp³-hybridized carbons (Fsp3) is 0.391. The Morgan fingerprint density at radius 2 is 2.15 bits per heavy atom. The van der Waals surface area contributed by atoms with Crippen molar-refractivity contribution in [3.63, 3.8) is 0 Å². The van der Waals surface area contributed by atoms with Gasteiger partial charge in [0.2, 0.25) is 12.3 Å². The van der Waals surface area contributed by atoms with Gasteiger partial charge in [-0.05, 0) is 24.1 Å². The molecule has 2 aromatic rings. The number of β-lactam (4-membered cyclic amide) rings is 1. The number of carbonyl (C=O) groups is 4. The van der Waals surface area contributed by atoms with Crippen LogP contribution in [0.2, 0.25) is 0 Å². The maximum atomic E-state index is 13.2. The number of oxime groups is 1. The second-order valence-electron chi connectivity index (χ2n) is 8.69. The SMILES string of the molecule is CCCON=CC(=O)N(c1csc(NC=O)n1)C1C(=O)N2CC(O)(C(=O)OCc3ccc([N+](=O)[O-])cc3)CS[C@H]12. The molecule has 212 valence electrons. The van der Waals surface area contributed by atoms with Gasteiger partial charge in [-0.2, -0.15) is 0 Å². The van der Waals surface area contributed by atoms with Crippen LogP contribution in [0.5, 0.6) is 0 Å². The molecule has 3 heterocycles. The van der Waals surface area contributed by atoms with Crippen molar-refractivity contribution in [1.82, 2.24) is 9.88 Å². The Labute approximate surface area is 235 Å². The fourth-order valence-corrected chi connectivity index (χ4v) is 6.02. The van der Waals surface area contributed by atoms with Gasteiger partial charge in [-0.25, -0.2) is 9.78 Å². The molecule has 17 heteroatoms. The topological polar surface area (TPSA) is 194 Å². The van der Waals surface area contributed by atoms with Gasteiger partial charge in [-0.15, -0.1) is 23.1 Å². The molecule has 2 saturated heterocycles. The number of amides is 3. The number of nitrogens with zero attached hydrogens (tertiary/aromatic N) is 5. The van der Waals surface area contributed by atoms with E-state index >= 15 is 0 Å². The first-order valence-electron chi connectivity index (χ1n) is 11.9. The van der Waals surface area contributed by atoms with Gasteiger partial charge in [0.05, 0.1) is 11.5 Å². The molecule has 3 amide bonds. The lowest BCUT2D eigenvalue weighted by Gasteiger charge is -2.54. The van der Waals surface area contributed by atoms with Crippen LogP contribution < -0.4 is 10.2 Å². The number of aliphatic hydroxyl groups is 1. The molecule has 1 aromatic carbocycles. The molecular weight excluding hydrogens is 568 g/mol. The fourth-order valence-electron chi connectivity index (χ4n) is 3.94. The number of fused-ring (bicyclic) bond motifs is 1. The van der Waals surface area contributed by atoms with E-state index in [1.165, 1.54) is 34.5 Å². The number of rotatable bonds is 12. The zero-order chi connectivity index (χ0) is 28.9. The summed E-state index contributed by atoms with van der Waals surface area (Å²) in [6.45, 7) is 1.58. The van der Waals surface area contributed by atoms with Crippen LogP contribution in [-0.2, 0) is 35.4 Å². The number of hydrogen-bond acceptors (Lipinski definition) is 13. The molecule has 3 atom stereocenters. The Bertz CT molecular complexity index is 1320. The molecule has 0 saturated carbocycles. The molecule has 2 fully saturated rings. The number of nitrogens with one attached hydrogen (secondary N) is 1. The highest BCUT2D eigenvalue weighted by Gasteiger charge is 2.60. The van der Waals surface area contributed by atoms with Crippen LogP contribution in [0.4, 0.5) is 16.6 Å². The van der Waals surface area contributed by atoms with Gasteiger partial charge < -0.3 is 24.9 Å². The quantitative estimate of drug-likeness (QED) is 0.0682. The van der Waals surface area contributed by atoms with E-state index in [-0.39, 0.29) is 35.5 Å². The van der Waals surface area contributed by atoms with E-state index in [1.807, 2.05) is 6.92 Å². The molecule has 2 N–H and O–H groups in total.